The summed E-state index contributed by atoms with van der Waals surface area (Å²) in [4.78, 5) is 29.7. The number of fused-ring (bicyclic) bond motifs is 1. The number of hydrogen-bond donors (Lipinski definition) is 5. The molecule has 7 rings (SSSR count). The van der Waals surface area contributed by atoms with Crippen LogP contribution in [0.4, 0.5) is 40.3 Å². The molecule has 1 aliphatic heterocycles. The number of nitrogens with zero attached hydrogens (tertiary/aromatic N) is 4. The van der Waals surface area contributed by atoms with Gasteiger partial charge in [-0.05, 0) is 81.8 Å². The van der Waals surface area contributed by atoms with Gasteiger partial charge in [-0.1, -0.05) is 23.2 Å². The number of benzene rings is 3. The third-order valence-corrected chi connectivity index (χ3v) is 13.5. The lowest BCUT2D eigenvalue weighted by atomic mass is 10.0. The summed E-state index contributed by atoms with van der Waals surface area (Å²) in [6.07, 6.45) is -3.56. The van der Waals surface area contributed by atoms with Crippen molar-refractivity contribution < 1.29 is 49.5 Å². The maximum atomic E-state index is 14.9. The zero-order valence-electron chi connectivity index (χ0n) is 39.7. The number of ether oxygens (including phenoxy) is 3. The number of alkyl halides is 4. The maximum absolute atomic E-state index is 14.9. The summed E-state index contributed by atoms with van der Waals surface area (Å²) in [5.74, 6) is 6.48. The van der Waals surface area contributed by atoms with Crippen molar-refractivity contribution in [3.8, 4) is 34.5 Å². The van der Waals surface area contributed by atoms with Crippen molar-refractivity contribution in [2.24, 2.45) is 0 Å². The lowest BCUT2D eigenvalue weighted by Crippen LogP contribution is -2.46. The number of aromatic amines is 1. The number of aromatic nitrogens is 3. The number of halogens is 4. The molecule has 1 fully saturated rings. The highest BCUT2D eigenvalue weighted by atomic mass is 32.2. The molecule has 4 heterocycles. The molecule has 6 aromatic rings. The van der Waals surface area contributed by atoms with Crippen LogP contribution in [0.5, 0.6) is 11.5 Å². The van der Waals surface area contributed by atoms with E-state index in [4.69, 9.17) is 18.7 Å². The molecule has 1 aliphatic rings. The molecule has 17 nitrogen and oxygen atoms in total. The Kier molecular flexibility index (Phi) is 16.6. The number of rotatable bonds is 20. The normalized spacial score (nSPS) is 15.3. The number of likely N-dealkylation sites (tertiary alicyclic amines) is 1. The van der Waals surface area contributed by atoms with Gasteiger partial charge in [0.1, 0.15) is 35.7 Å². The van der Waals surface area contributed by atoms with Crippen molar-refractivity contribution in [3.05, 3.63) is 106 Å². The molecule has 1 saturated heterocycles. The number of sulfonamides is 1. The van der Waals surface area contributed by atoms with Crippen LogP contribution in [0.2, 0.25) is 0 Å². The van der Waals surface area contributed by atoms with Gasteiger partial charge in [0, 0.05) is 79.4 Å². The number of amides is 1. The lowest BCUT2D eigenvalue weighted by molar-refractivity contribution is -0.140. The summed E-state index contributed by atoms with van der Waals surface area (Å²) >= 11 is 0. The van der Waals surface area contributed by atoms with Gasteiger partial charge in [0.25, 0.3) is 11.5 Å². The summed E-state index contributed by atoms with van der Waals surface area (Å²) in [7, 11) is 0.608. The Morgan fingerprint density at radius 1 is 1.04 bits per heavy atom. The van der Waals surface area contributed by atoms with Crippen LogP contribution in [0.15, 0.2) is 93.2 Å². The van der Waals surface area contributed by atoms with Crippen molar-refractivity contribution >= 4 is 49.6 Å². The second kappa shape index (κ2) is 22.8. The molecule has 1 unspecified atom stereocenters. The smallest absolute Gasteiger partial charge is 0.406 e. The summed E-state index contributed by atoms with van der Waals surface area (Å²) in [6, 6.07) is 18.7. The Bertz CT molecular complexity index is 3060. The third kappa shape index (κ3) is 13.2. The Hall–Kier alpha value is -7.06. The summed E-state index contributed by atoms with van der Waals surface area (Å²) in [6.45, 7) is 3.19. The number of anilines is 4. The standard InChI is InChI=1S/C49H55F4N9O8S/c1-31-47(32(2)70-59-31)33-23-43(48(64)56-27-33)57-34-9-6-11-36(24-34)69-29-46(63)55-18-21-68-22-20-61(4)71(65,66)37-14-15-42(45(26-37)67-5)54-17-8-10-35-25-38-40(58-41-16-19-60(3)28-39(41)50)12-7-13-44(38)62(35)30-49(51,52)53/h6-7,9,11-15,23-27,39,41,54,57-58H,16-22,28-30H2,1-5H3,(H,55,63)(H,56,64)/t39-,41?/m0/s1. The molecule has 5 N–H and O–H groups in total. The molecule has 2 atom stereocenters. The first-order chi connectivity index (χ1) is 33.9. The van der Waals surface area contributed by atoms with Gasteiger partial charge in [-0.25, -0.2) is 12.8 Å². The molecular formula is C49H55F4N9O8S. The van der Waals surface area contributed by atoms with E-state index in [1.165, 1.54) is 32.4 Å². The fourth-order valence-electron chi connectivity index (χ4n) is 8.03. The van der Waals surface area contributed by atoms with Crippen molar-refractivity contribution in [2.75, 3.05) is 89.7 Å². The van der Waals surface area contributed by atoms with Crippen molar-refractivity contribution in [1.82, 2.24) is 29.2 Å². The second-order valence-electron chi connectivity index (χ2n) is 16.9. The van der Waals surface area contributed by atoms with Crippen LogP contribution < -0.4 is 36.3 Å². The SMILES string of the molecule is COc1cc(S(=O)(=O)N(C)CCOCCNC(=O)COc2cccc(Nc3cc(-c4c(C)noc4C)c[nH]c3=O)c2)ccc1NCC#Cc1cc2c(NC3CCN(C)C[C@@H]3F)cccc2n1CC(F)(F)F. The van der Waals surface area contributed by atoms with Crippen LogP contribution in [0.25, 0.3) is 22.0 Å². The number of pyridine rings is 1. The van der Waals surface area contributed by atoms with E-state index in [2.05, 4.69) is 43.2 Å². The summed E-state index contributed by atoms with van der Waals surface area (Å²) < 4.78 is 107. The van der Waals surface area contributed by atoms with Crippen molar-refractivity contribution in [1.29, 1.82) is 0 Å². The Labute approximate surface area is 407 Å². The minimum absolute atomic E-state index is 0.00513. The van der Waals surface area contributed by atoms with Crippen LogP contribution >= 0.6 is 0 Å². The van der Waals surface area contributed by atoms with Gasteiger partial charge in [-0.15, -0.1) is 0 Å². The van der Waals surface area contributed by atoms with E-state index in [0.717, 1.165) is 20.0 Å². The highest BCUT2D eigenvalue weighted by molar-refractivity contribution is 7.89. The molecule has 22 heteroatoms. The fraction of sp³-hybridized carbons (Fsp3) is 0.367. The van der Waals surface area contributed by atoms with E-state index in [0.29, 0.717) is 58.1 Å². The van der Waals surface area contributed by atoms with Crippen LogP contribution in [-0.2, 0) is 26.1 Å². The average Bonchev–Trinajstić information content (AvgIpc) is 3.86. The number of nitrogens with one attached hydrogen (secondary N) is 5. The van der Waals surface area contributed by atoms with E-state index < -0.39 is 40.9 Å². The largest absolute Gasteiger partial charge is 0.495 e. The molecule has 3 aromatic heterocycles. The first-order valence-corrected chi connectivity index (χ1v) is 24.0. The molecule has 0 saturated carbocycles. The number of H-pyrrole nitrogens is 1. The van der Waals surface area contributed by atoms with Crippen LogP contribution in [0.1, 0.15) is 23.6 Å². The number of carbonyl (C=O) groups excluding carboxylic acids is 1. The quantitative estimate of drug-likeness (QED) is 0.0310. The van der Waals surface area contributed by atoms with E-state index in [1.807, 2.05) is 18.9 Å². The molecule has 0 spiro atoms. The summed E-state index contributed by atoms with van der Waals surface area (Å²) in [5.41, 5.74) is 4.03. The Morgan fingerprint density at radius 2 is 1.85 bits per heavy atom. The maximum Gasteiger partial charge on any atom is 0.406 e. The van der Waals surface area contributed by atoms with E-state index in [-0.39, 0.29) is 73.6 Å². The van der Waals surface area contributed by atoms with Crippen molar-refractivity contribution in [3.63, 3.8) is 0 Å². The number of hydrogen-bond acceptors (Lipinski definition) is 13. The first kappa shape index (κ1) is 51.8. The zero-order valence-corrected chi connectivity index (χ0v) is 40.5. The minimum atomic E-state index is -4.54. The van der Waals surface area contributed by atoms with E-state index in [9.17, 15) is 35.6 Å². The molecule has 71 heavy (non-hydrogen) atoms. The van der Waals surface area contributed by atoms with Gasteiger partial charge in [0.05, 0.1) is 60.4 Å². The van der Waals surface area contributed by atoms with Gasteiger partial charge in [-0.3, -0.25) is 9.59 Å². The van der Waals surface area contributed by atoms with Gasteiger partial charge in [0.2, 0.25) is 10.0 Å². The molecule has 0 bridgehead atoms. The molecule has 1 amide bonds. The molecule has 3 aromatic carbocycles. The van der Waals surface area contributed by atoms with E-state index in [1.54, 1.807) is 67.7 Å². The zero-order chi connectivity index (χ0) is 50.9. The lowest BCUT2D eigenvalue weighted by Gasteiger charge is -2.33. The van der Waals surface area contributed by atoms with Gasteiger partial charge < -0.3 is 54.5 Å². The van der Waals surface area contributed by atoms with Gasteiger partial charge >= 0.3 is 6.18 Å². The average molecular weight is 1010 g/mol. The number of carbonyl (C=O) groups is 1. The highest BCUT2D eigenvalue weighted by Gasteiger charge is 2.31. The predicted molar refractivity (Wildman–Crippen MR) is 262 cm³/mol. The number of methoxy groups -OCH3 is 1. The predicted octanol–water partition coefficient (Wildman–Crippen LogP) is 6.67. The highest BCUT2D eigenvalue weighted by Crippen LogP contribution is 2.33. The van der Waals surface area contributed by atoms with Crippen molar-refractivity contribution in [2.45, 2.75) is 50.1 Å². The number of piperidine rings is 1. The first-order valence-electron chi connectivity index (χ1n) is 22.6. The fourth-order valence-corrected chi connectivity index (χ4v) is 9.20. The van der Waals surface area contributed by atoms with Crippen LogP contribution in [-0.4, -0.2) is 130 Å². The van der Waals surface area contributed by atoms with Gasteiger partial charge in [-0.2, -0.15) is 17.5 Å². The Balaban J connectivity index is 0.861. The Morgan fingerprint density at radius 3 is 2.59 bits per heavy atom. The van der Waals surface area contributed by atoms with E-state index >= 15 is 0 Å². The van der Waals surface area contributed by atoms with Gasteiger partial charge in [0.15, 0.2) is 6.61 Å². The molecule has 378 valence electrons. The second-order valence-corrected chi connectivity index (χ2v) is 18.9. The monoisotopic (exact) mass is 1010 g/mol. The number of likely N-dealkylation sites (N-methyl/N-ethyl adjacent to an activating group) is 1. The van der Waals surface area contributed by atoms with Crippen LogP contribution in [0.3, 0.4) is 0 Å². The molecule has 0 aliphatic carbocycles. The topological polar surface area (TPSA) is 197 Å². The number of aryl methyl sites for hydroxylation is 2. The molecular weight excluding hydrogens is 951 g/mol. The van der Waals surface area contributed by atoms with Crippen LogP contribution in [0, 0.1) is 25.7 Å². The minimum Gasteiger partial charge on any atom is -0.495 e. The summed E-state index contributed by atoms with van der Waals surface area (Å²) in [5, 5.41) is 16.5. The third-order valence-electron chi connectivity index (χ3n) is 11.7. The molecule has 0 radical (unpaired) electrons.